The predicted octanol–water partition coefficient (Wildman–Crippen LogP) is 2.18. The SMILES string of the molecule is CO.Cn1ccc2cc(N=O)ccc21. The molecular formula is C10H12N2O2. The van der Waals surface area contributed by atoms with Crippen molar-refractivity contribution >= 4 is 16.6 Å². The van der Waals surface area contributed by atoms with E-state index in [1.54, 1.807) is 12.1 Å². The van der Waals surface area contributed by atoms with Crippen LogP contribution in [0.15, 0.2) is 35.6 Å². The summed E-state index contributed by atoms with van der Waals surface area (Å²) in [4.78, 5) is 10.2. The lowest BCUT2D eigenvalue weighted by Gasteiger charge is -1.94. The molecule has 4 nitrogen and oxygen atoms in total. The summed E-state index contributed by atoms with van der Waals surface area (Å²) in [5.74, 6) is 0. The molecule has 74 valence electrons. The van der Waals surface area contributed by atoms with Crippen molar-refractivity contribution in [2.24, 2.45) is 12.2 Å². The Morgan fingerprint density at radius 1 is 1.29 bits per heavy atom. The minimum Gasteiger partial charge on any atom is -0.400 e. The van der Waals surface area contributed by atoms with Gasteiger partial charge in [0.1, 0.15) is 5.69 Å². The maximum absolute atomic E-state index is 10.2. The molecule has 0 unspecified atom stereocenters. The molecule has 1 heterocycles. The van der Waals surface area contributed by atoms with Gasteiger partial charge in [-0.2, -0.15) is 0 Å². The van der Waals surface area contributed by atoms with Crippen molar-refractivity contribution in [3.63, 3.8) is 0 Å². The Balaban J connectivity index is 0.000000461. The number of aliphatic hydroxyl groups is 1. The number of nitroso groups, excluding NO2 is 1. The van der Waals surface area contributed by atoms with E-state index in [-0.39, 0.29) is 0 Å². The third kappa shape index (κ3) is 1.80. The molecule has 0 atom stereocenters. The normalized spacial score (nSPS) is 9.36. The molecule has 1 N–H and O–H groups in total. The van der Waals surface area contributed by atoms with Crippen molar-refractivity contribution < 1.29 is 5.11 Å². The molecule has 0 saturated carbocycles. The van der Waals surface area contributed by atoms with E-state index in [0.717, 1.165) is 18.0 Å². The molecule has 0 amide bonds. The molecule has 0 spiro atoms. The van der Waals surface area contributed by atoms with Gasteiger partial charge in [0, 0.05) is 31.3 Å². The number of hydrogen-bond donors (Lipinski definition) is 1. The largest absolute Gasteiger partial charge is 0.400 e. The summed E-state index contributed by atoms with van der Waals surface area (Å²) < 4.78 is 2.00. The number of aliphatic hydroxyl groups excluding tert-OH is 1. The highest BCUT2D eigenvalue weighted by atomic mass is 16.3. The number of aryl methyl sites for hydroxylation is 1. The molecule has 4 heteroatoms. The van der Waals surface area contributed by atoms with Gasteiger partial charge in [-0.05, 0) is 29.4 Å². The van der Waals surface area contributed by atoms with Crippen LogP contribution >= 0.6 is 0 Å². The minimum atomic E-state index is 0.480. The Morgan fingerprint density at radius 2 is 2.00 bits per heavy atom. The zero-order valence-electron chi connectivity index (χ0n) is 8.14. The van der Waals surface area contributed by atoms with Gasteiger partial charge in [0.15, 0.2) is 0 Å². The van der Waals surface area contributed by atoms with Gasteiger partial charge in [0.05, 0.1) is 0 Å². The van der Waals surface area contributed by atoms with E-state index in [1.807, 2.05) is 29.9 Å². The molecule has 0 bridgehead atoms. The van der Waals surface area contributed by atoms with Crippen LogP contribution < -0.4 is 0 Å². The first-order chi connectivity index (χ1) is 6.81. The summed E-state index contributed by atoms with van der Waals surface area (Å²) in [6.45, 7) is 0. The zero-order valence-corrected chi connectivity index (χ0v) is 8.14. The number of hydrogen-bond acceptors (Lipinski definition) is 3. The van der Waals surface area contributed by atoms with Crippen LogP contribution in [-0.2, 0) is 7.05 Å². The first kappa shape index (κ1) is 10.4. The van der Waals surface area contributed by atoms with Crippen molar-refractivity contribution in [3.05, 3.63) is 35.4 Å². The number of benzene rings is 1. The van der Waals surface area contributed by atoms with Gasteiger partial charge in [-0.3, -0.25) is 0 Å². The standard InChI is InChI=1S/C9H8N2O.CH4O/c1-11-5-4-7-6-8(10-12)2-3-9(7)11;1-2/h2-6H,1H3;2H,1H3. The molecule has 1 aromatic heterocycles. The molecule has 0 radical (unpaired) electrons. The maximum atomic E-state index is 10.2. The van der Waals surface area contributed by atoms with Crippen molar-refractivity contribution in [1.29, 1.82) is 0 Å². The van der Waals surface area contributed by atoms with Crippen LogP contribution in [0.1, 0.15) is 0 Å². The first-order valence-electron chi connectivity index (χ1n) is 4.14. The molecule has 0 aliphatic carbocycles. The van der Waals surface area contributed by atoms with Gasteiger partial charge < -0.3 is 9.67 Å². The highest BCUT2D eigenvalue weighted by Gasteiger charge is 1.98. The zero-order chi connectivity index (χ0) is 10.6. The molecule has 0 aliphatic rings. The van der Waals surface area contributed by atoms with Crippen LogP contribution in [0.3, 0.4) is 0 Å². The van der Waals surface area contributed by atoms with E-state index < -0.39 is 0 Å². The molecular weight excluding hydrogens is 180 g/mol. The lowest BCUT2D eigenvalue weighted by Crippen LogP contribution is -1.81. The van der Waals surface area contributed by atoms with Gasteiger partial charge >= 0.3 is 0 Å². The molecule has 14 heavy (non-hydrogen) atoms. The fraction of sp³-hybridized carbons (Fsp3) is 0.200. The molecule has 0 saturated heterocycles. The van der Waals surface area contributed by atoms with E-state index >= 15 is 0 Å². The van der Waals surface area contributed by atoms with Gasteiger partial charge in [-0.1, -0.05) is 0 Å². The lowest BCUT2D eigenvalue weighted by atomic mass is 10.2. The molecule has 0 fully saturated rings. The summed E-state index contributed by atoms with van der Waals surface area (Å²) in [6.07, 6.45) is 1.96. The molecule has 2 rings (SSSR count). The quantitative estimate of drug-likeness (QED) is 0.704. The van der Waals surface area contributed by atoms with Crippen molar-refractivity contribution in [3.8, 4) is 0 Å². The van der Waals surface area contributed by atoms with Crippen LogP contribution in [-0.4, -0.2) is 16.8 Å². The summed E-state index contributed by atoms with van der Waals surface area (Å²) in [5, 5.41) is 10.9. The summed E-state index contributed by atoms with van der Waals surface area (Å²) in [5.41, 5.74) is 1.59. The third-order valence-corrected chi connectivity index (χ3v) is 1.97. The van der Waals surface area contributed by atoms with E-state index in [4.69, 9.17) is 5.11 Å². The van der Waals surface area contributed by atoms with E-state index in [9.17, 15) is 4.91 Å². The highest BCUT2D eigenvalue weighted by molar-refractivity contribution is 5.83. The Bertz CT molecular complexity index is 435. The van der Waals surface area contributed by atoms with Crippen LogP contribution in [0.2, 0.25) is 0 Å². The average molecular weight is 192 g/mol. The molecule has 0 aliphatic heterocycles. The Morgan fingerprint density at radius 3 is 2.64 bits per heavy atom. The minimum absolute atomic E-state index is 0.480. The monoisotopic (exact) mass is 192 g/mol. The Hall–Kier alpha value is -1.68. The van der Waals surface area contributed by atoms with Crippen LogP contribution in [0.5, 0.6) is 0 Å². The van der Waals surface area contributed by atoms with E-state index in [1.165, 1.54) is 0 Å². The first-order valence-corrected chi connectivity index (χ1v) is 4.14. The summed E-state index contributed by atoms with van der Waals surface area (Å²) >= 11 is 0. The second kappa shape index (κ2) is 4.53. The van der Waals surface area contributed by atoms with E-state index in [2.05, 4.69) is 5.18 Å². The van der Waals surface area contributed by atoms with Gasteiger partial charge in [-0.25, -0.2) is 0 Å². The van der Waals surface area contributed by atoms with Gasteiger partial charge in [-0.15, -0.1) is 4.91 Å². The van der Waals surface area contributed by atoms with Crippen molar-refractivity contribution in [2.75, 3.05) is 7.11 Å². The fourth-order valence-electron chi connectivity index (χ4n) is 1.33. The second-order valence-electron chi connectivity index (χ2n) is 2.76. The summed E-state index contributed by atoms with van der Waals surface area (Å²) in [6, 6.07) is 7.35. The van der Waals surface area contributed by atoms with Gasteiger partial charge in [0.25, 0.3) is 0 Å². The number of fused-ring (bicyclic) bond motifs is 1. The number of rotatable bonds is 1. The summed E-state index contributed by atoms with van der Waals surface area (Å²) in [7, 11) is 2.97. The van der Waals surface area contributed by atoms with Crippen LogP contribution in [0, 0.1) is 4.91 Å². The van der Waals surface area contributed by atoms with Gasteiger partial charge in [0.2, 0.25) is 0 Å². The third-order valence-electron chi connectivity index (χ3n) is 1.97. The molecule has 2 aromatic rings. The maximum Gasteiger partial charge on any atom is 0.108 e. The highest BCUT2D eigenvalue weighted by Crippen LogP contribution is 2.20. The van der Waals surface area contributed by atoms with E-state index in [0.29, 0.717) is 5.69 Å². The smallest absolute Gasteiger partial charge is 0.108 e. The van der Waals surface area contributed by atoms with Crippen LogP contribution in [0.25, 0.3) is 10.9 Å². The van der Waals surface area contributed by atoms with Crippen LogP contribution in [0.4, 0.5) is 5.69 Å². The Labute approximate surface area is 81.8 Å². The topological polar surface area (TPSA) is 54.6 Å². The fourth-order valence-corrected chi connectivity index (χ4v) is 1.33. The Kier molecular flexibility index (Phi) is 3.36. The molecule has 1 aromatic carbocycles. The average Bonchev–Trinajstić information content (AvgIpc) is 2.63. The lowest BCUT2D eigenvalue weighted by molar-refractivity contribution is 0.399. The van der Waals surface area contributed by atoms with Crippen molar-refractivity contribution in [1.82, 2.24) is 4.57 Å². The van der Waals surface area contributed by atoms with Crippen molar-refractivity contribution in [2.45, 2.75) is 0 Å². The number of aromatic nitrogens is 1. The second-order valence-corrected chi connectivity index (χ2v) is 2.76. The predicted molar refractivity (Wildman–Crippen MR) is 56.5 cm³/mol. The number of nitrogens with zero attached hydrogens (tertiary/aromatic N) is 2.